The number of anilines is 1. The van der Waals surface area contributed by atoms with Gasteiger partial charge in [0.1, 0.15) is 17.7 Å². The number of esters is 1. The zero-order valence-electron chi connectivity index (χ0n) is 29.0. The summed E-state index contributed by atoms with van der Waals surface area (Å²) >= 11 is 10.4. The van der Waals surface area contributed by atoms with Crippen LogP contribution in [0.15, 0.2) is 73.8 Å². The van der Waals surface area contributed by atoms with E-state index in [4.69, 9.17) is 21.1 Å². The van der Waals surface area contributed by atoms with Gasteiger partial charge in [0.25, 0.3) is 5.91 Å². The third-order valence-corrected chi connectivity index (χ3v) is 11.3. The van der Waals surface area contributed by atoms with Gasteiger partial charge in [-0.15, -0.1) is 13.2 Å². The molecule has 0 aliphatic carbocycles. The van der Waals surface area contributed by atoms with Gasteiger partial charge in [-0.05, 0) is 49.8 Å². The van der Waals surface area contributed by atoms with E-state index in [0.29, 0.717) is 42.0 Å². The summed E-state index contributed by atoms with van der Waals surface area (Å²) in [5.41, 5.74) is 0.692. The predicted molar refractivity (Wildman–Crippen MR) is 199 cm³/mol. The number of fused-ring (bicyclic) bond motifs is 1. The van der Waals surface area contributed by atoms with Crippen LogP contribution in [-0.2, 0) is 28.7 Å². The maximum atomic E-state index is 15.0. The number of alkyl halides is 1. The molecule has 2 aromatic carbocycles. The van der Waals surface area contributed by atoms with E-state index in [0.717, 1.165) is 18.4 Å². The van der Waals surface area contributed by atoms with Crippen molar-refractivity contribution in [3.05, 3.63) is 90.0 Å². The maximum Gasteiger partial charge on any atom is 0.313 e. The summed E-state index contributed by atoms with van der Waals surface area (Å²) in [5.74, 6) is -3.48. The predicted octanol–water partition coefficient (Wildman–Crippen LogP) is 5.84. The van der Waals surface area contributed by atoms with Gasteiger partial charge in [-0.25, -0.2) is 0 Å². The summed E-state index contributed by atoms with van der Waals surface area (Å²) in [4.78, 5) is 59.3. The molecule has 0 aromatic heterocycles. The Labute approximate surface area is 313 Å². The van der Waals surface area contributed by atoms with Crippen LogP contribution in [0, 0.1) is 18.8 Å². The largest absolute Gasteiger partial charge is 0.455 e. The lowest BCUT2D eigenvalue weighted by atomic mass is 9.70. The number of ether oxygens (including phenoxy) is 2. The number of halogens is 2. The molecule has 10 nitrogen and oxygen atoms in total. The molecule has 1 spiro atoms. The highest BCUT2D eigenvalue weighted by Gasteiger charge is 2.77. The van der Waals surface area contributed by atoms with Crippen LogP contribution in [0.3, 0.4) is 0 Å². The summed E-state index contributed by atoms with van der Waals surface area (Å²) in [6, 6.07) is 13.5. The van der Waals surface area contributed by atoms with Gasteiger partial charge in [-0.3, -0.25) is 19.2 Å². The van der Waals surface area contributed by atoms with Gasteiger partial charge < -0.3 is 29.7 Å². The first-order chi connectivity index (χ1) is 24.6. The number of hydrogen-bond acceptors (Lipinski definition) is 7. The normalized spacial score (nSPS) is 25.3. The van der Waals surface area contributed by atoms with E-state index in [1.807, 2.05) is 49.4 Å². The van der Waals surface area contributed by atoms with E-state index in [2.05, 4.69) is 34.4 Å². The topological polar surface area (TPSA) is 125 Å². The Hall–Kier alpha value is -3.51. The van der Waals surface area contributed by atoms with Gasteiger partial charge in [0.05, 0.1) is 35.2 Å². The highest BCUT2D eigenvalue weighted by atomic mass is 79.9. The van der Waals surface area contributed by atoms with Crippen LogP contribution in [0.25, 0.3) is 0 Å². The zero-order valence-corrected chi connectivity index (χ0v) is 31.3. The number of aliphatic hydroxyl groups excluding tert-OH is 1. The number of para-hydroxylation sites is 1. The average molecular weight is 785 g/mol. The molecule has 3 aliphatic rings. The number of nitrogens with zero attached hydrogens (tertiary/aromatic N) is 2. The van der Waals surface area contributed by atoms with Gasteiger partial charge in [-0.1, -0.05) is 95.0 Å². The number of nitrogens with one attached hydrogen (secondary N) is 1. The van der Waals surface area contributed by atoms with E-state index in [1.54, 1.807) is 28.0 Å². The highest BCUT2D eigenvalue weighted by molar-refractivity contribution is 9.09. The number of carbonyl (C=O) groups is 4. The van der Waals surface area contributed by atoms with Crippen molar-refractivity contribution in [3.8, 4) is 0 Å². The second-order valence-corrected chi connectivity index (χ2v) is 15.0. The maximum absolute atomic E-state index is 15.0. The molecule has 0 saturated carbocycles. The minimum absolute atomic E-state index is 0.0419. The van der Waals surface area contributed by atoms with Crippen molar-refractivity contribution in [2.75, 3.05) is 31.1 Å². The van der Waals surface area contributed by atoms with Gasteiger partial charge >= 0.3 is 5.97 Å². The van der Waals surface area contributed by atoms with Crippen LogP contribution >= 0.6 is 27.5 Å². The number of carbonyl (C=O) groups excluding carboxylic acids is 4. The van der Waals surface area contributed by atoms with Crippen LogP contribution in [0.2, 0.25) is 5.02 Å². The Morgan fingerprint density at radius 2 is 1.88 bits per heavy atom. The smallest absolute Gasteiger partial charge is 0.313 e. The van der Waals surface area contributed by atoms with Gasteiger partial charge in [-0.2, -0.15) is 0 Å². The fourth-order valence-corrected chi connectivity index (χ4v) is 9.11. The van der Waals surface area contributed by atoms with Crippen LogP contribution in [-0.4, -0.2) is 82.5 Å². The van der Waals surface area contributed by atoms with E-state index in [-0.39, 0.29) is 55.2 Å². The van der Waals surface area contributed by atoms with E-state index < -0.39 is 41.7 Å². The number of aliphatic hydroxyl groups is 1. The summed E-state index contributed by atoms with van der Waals surface area (Å²) in [6.45, 7) is 9.96. The van der Waals surface area contributed by atoms with Crippen molar-refractivity contribution in [2.24, 2.45) is 11.8 Å². The number of unbranched alkanes of at least 4 members (excludes halogenated alkanes) is 3. The number of hydrogen-bond donors (Lipinski definition) is 2. The number of likely N-dealkylation sites (tertiary alicyclic amines) is 1. The lowest BCUT2D eigenvalue weighted by Crippen LogP contribution is -2.57. The second kappa shape index (κ2) is 17.3. The third kappa shape index (κ3) is 7.96. The van der Waals surface area contributed by atoms with Crippen LogP contribution < -0.4 is 10.2 Å². The molecule has 1 unspecified atom stereocenters. The van der Waals surface area contributed by atoms with Crippen molar-refractivity contribution in [1.29, 1.82) is 0 Å². The molecule has 3 aliphatic heterocycles. The van der Waals surface area contributed by atoms with E-state index >= 15 is 0 Å². The standard InChI is InChI=1S/C39H47BrClN3O7/c1-4-6-19-30(46)42-24-29(26-16-10-9-11-17-26)50-38(49)31-32-36(47)44(21-12-7-8-13-22-45)35(39(32)23-27(40)34(31)51-39)37(48)43(20-5-2)33-25(3)15-14-18-28(33)41/h4-5,9-11,14-18,27,29,31-32,34-35,45H,1-2,6-8,12-13,19-24H2,3H3,(H,42,46)/t27?,29-,31-,32+,34-,35-,39+/m1/s1. The first kappa shape index (κ1) is 38.7. The zero-order chi connectivity index (χ0) is 36.7. The number of allylic oxidation sites excluding steroid dienone is 1. The first-order valence-electron chi connectivity index (χ1n) is 17.6. The molecule has 2 bridgehead atoms. The first-order valence-corrected chi connectivity index (χ1v) is 18.9. The van der Waals surface area contributed by atoms with E-state index in [9.17, 15) is 24.3 Å². The number of aryl methyl sites for hydroxylation is 1. The lowest BCUT2D eigenvalue weighted by molar-refractivity contribution is -0.160. The summed E-state index contributed by atoms with van der Waals surface area (Å²) in [7, 11) is 0. The molecule has 5 rings (SSSR count). The number of rotatable bonds is 18. The molecule has 0 radical (unpaired) electrons. The molecular formula is C39H47BrClN3O7. The monoisotopic (exact) mass is 783 g/mol. The fraction of sp³-hybridized carbons (Fsp3) is 0.487. The molecule has 2 N–H and O–H groups in total. The minimum atomic E-state index is -1.31. The molecule has 7 atom stereocenters. The van der Waals surface area contributed by atoms with Crippen LogP contribution in [0.4, 0.5) is 5.69 Å². The molecule has 274 valence electrons. The second-order valence-electron chi connectivity index (χ2n) is 13.4. The molecule has 3 heterocycles. The Morgan fingerprint density at radius 1 is 1.14 bits per heavy atom. The van der Waals surface area contributed by atoms with Crippen molar-refractivity contribution >= 4 is 56.9 Å². The van der Waals surface area contributed by atoms with Crippen LogP contribution in [0.1, 0.15) is 62.2 Å². The minimum Gasteiger partial charge on any atom is -0.455 e. The molecule has 12 heteroatoms. The SMILES string of the molecule is C=CCCC(=O)NC[C@@H](OC(=O)[C@H]1[C@@H]2O[C@@]3(CC2Br)[C@@H]1C(=O)N(CCCCCCO)[C@@H]3C(=O)N(CC=C)c1c(C)cccc1Cl)c1ccccc1. The summed E-state index contributed by atoms with van der Waals surface area (Å²) in [5, 5.41) is 12.5. The Kier molecular flexibility index (Phi) is 13.2. The number of amides is 3. The summed E-state index contributed by atoms with van der Waals surface area (Å²) in [6.07, 6.45) is 5.60. The van der Waals surface area contributed by atoms with Gasteiger partial charge in [0.2, 0.25) is 11.8 Å². The Balaban J connectivity index is 1.49. The molecular weight excluding hydrogens is 738 g/mol. The van der Waals surface area contributed by atoms with Crippen molar-refractivity contribution in [1.82, 2.24) is 10.2 Å². The molecule has 2 aromatic rings. The van der Waals surface area contributed by atoms with Crippen LogP contribution in [0.5, 0.6) is 0 Å². The lowest BCUT2D eigenvalue weighted by Gasteiger charge is -2.37. The fourth-order valence-electron chi connectivity index (χ4n) is 7.84. The van der Waals surface area contributed by atoms with Gasteiger partial charge in [0, 0.05) is 30.9 Å². The highest BCUT2D eigenvalue weighted by Crippen LogP contribution is 2.60. The quantitative estimate of drug-likeness (QED) is 0.0844. The van der Waals surface area contributed by atoms with E-state index in [1.165, 1.54) is 0 Å². The molecule has 3 fully saturated rings. The molecule has 3 amide bonds. The van der Waals surface area contributed by atoms with Crippen molar-refractivity contribution in [2.45, 2.75) is 80.5 Å². The Bertz CT molecular complexity index is 1590. The molecule has 51 heavy (non-hydrogen) atoms. The summed E-state index contributed by atoms with van der Waals surface area (Å²) < 4.78 is 12.9. The Morgan fingerprint density at radius 3 is 2.57 bits per heavy atom. The number of benzene rings is 2. The van der Waals surface area contributed by atoms with Gasteiger partial charge in [0.15, 0.2) is 0 Å². The van der Waals surface area contributed by atoms with Crippen molar-refractivity contribution in [3.63, 3.8) is 0 Å². The van der Waals surface area contributed by atoms with Crippen molar-refractivity contribution < 1.29 is 33.8 Å². The average Bonchev–Trinajstić information content (AvgIpc) is 3.71. The molecule has 3 saturated heterocycles. The third-order valence-electron chi connectivity index (χ3n) is 10.1.